The number of isocyanates is 2. The molecule has 1 N–H and O–H groups in total. The third-order valence-corrected chi connectivity index (χ3v) is 1.30. The van der Waals surface area contributed by atoms with Crippen molar-refractivity contribution in [2.45, 2.75) is 0 Å². The van der Waals surface area contributed by atoms with Gasteiger partial charge in [-0.05, 0) is 12.1 Å². The van der Waals surface area contributed by atoms with Gasteiger partial charge in [0, 0.05) is 6.07 Å². The van der Waals surface area contributed by atoms with Crippen molar-refractivity contribution in [3.05, 3.63) is 18.2 Å². The Morgan fingerprint density at radius 1 is 1.15 bits per heavy atom. The molecular formula is C8H4N2O3. The zero-order valence-electron chi connectivity index (χ0n) is 6.39. The van der Waals surface area contributed by atoms with Crippen molar-refractivity contribution in [2.75, 3.05) is 0 Å². The monoisotopic (exact) mass is 176 g/mol. The second-order valence-electron chi connectivity index (χ2n) is 2.08. The largest absolute Gasteiger partial charge is 0.506 e. The first-order valence-corrected chi connectivity index (χ1v) is 3.26. The fourth-order valence-corrected chi connectivity index (χ4v) is 0.778. The molecule has 0 aromatic heterocycles. The maximum absolute atomic E-state index is 9.85. The summed E-state index contributed by atoms with van der Waals surface area (Å²) >= 11 is 0. The highest BCUT2D eigenvalue weighted by Gasteiger charge is 1.99. The van der Waals surface area contributed by atoms with E-state index in [2.05, 4.69) is 9.98 Å². The van der Waals surface area contributed by atoms with Crippen LogP contribution in [0.15, 0.2) is 28.2 Å². The molecule has 1 aromatic rings. The molecule has 0 unspecified atom stereocenters. The average Bonchev–Trinajstić information content (AvgIpc) is 2.10. The summed E-state index contributed by atoms with van der Waals surface area (Å²) in [6.07, 6.45) is 2.60. The van der Waals surface area contributed by atoms with Crippen molar-refractivity contribution >= 4 is 23.5 Å². The fraction of sp³-hybridized carbons (Fsp3) is 0. The van der Waals surface area contributed by atoms with Gasteiger partial charge in [-0.3, -0.25) is 0 Å². The number of benzene rings is 1. The molecule has 0 bridgehead atoms. The number of aliphatic imine (C=N–C) groups is 2. The normalized spacial score (nSPS) is 8.31. The maximum atomic E-state index is 9.85. The number of nitrogens with zero attached hydrogens (tertiary/aromatic N) is 2. The quantitative estimate of drug-likeness (QED) is 0.545. The number of phenolic OH excluding ortho intramolecular Hbond substituents is 1. The molecule has 0 fully saturated rings. The Morgan fingerprint density at radius 2 is 1.85 bits per heavy atom. The summed E-state index contributed by atoms with van der Waals surface area (Å²) in [4.78, 5) is 26.2. The highest BCUT2D eigenvalue weighted by Crippen LogP contribution is 2.29. The lowest BCUT2D eigenvalue weighted by Gasteiger charge is -1.95. The molecule has 0 spiro atoms. The molecule has 1 rings (SSSR count). The van der Waals surface area contributed by atoms with Crippen LogP contribution in [0.2, 0.25) is 0 Å². The number of hydrogen-bond donors (Lipinski definition) is 1. The van der Waals surface area contributed by atoms with Crippen LogP contribution in [0.4, 0.5) is 11.4 Å². The number of carbonyl (C=O) groups excluding carboxylic acids is 2. The molecule has 0 saturated heterocycles. The zero-order valence-corrected chi connectivity index (χ0v) is 6.39. The third kappa shape index (κ3) is 2.10. The molecule has 5 heteroatoms. The van der Waals surface area contributed by atoms with Crippen LogP contribution in [-0.2, 0) is 9.59 Å². The molecule has 0 aliphatic carbocycles. The Bertz CT molecular complexity index is 415. The Balaban J connectivity index is 3.19. The van der Waals surface area contributed by atoms with Gasteiger partial charge in [-0.2, -0.15) is 9.98 Å². The summed E-state index contributed by atoms with van der Waals surface area (Å²) in [6, 6.07) is 3.96. The molecule has 13 heavy (non-hydrogen) atoms. The minimum absolute atomic E-state index is 0.0832. The molecule has 0 heterocycles. The van der Waals surface area contributed by atoms with Crippen molar-refractivity contribution in [2.24, 2.45) is 9.98 Å². The Kier molecular flexibility index (Phi) is 2.71. The van der Waals surface area contributed by atoms with Gasteiger partial charge in [-0.25, -0.2) is 9.59 Å². The molecule has 0 amide bonds. The van der Waals surface area contributed by atoms with E-state index in [0.29, 0.717) is 0 Å². The highest BCUT2D eigenvalue weighted by molar-refractivity contribution is 5.63. The van der Waals surface area contributed by atoms with Gasteiger partial charge in [-0.15, -0.1) is 0 Å². The first kappa shape index (κ1) is 8.87. The van der Waals surface area contributed by atoms with Gasteiger partial charge in [0.25, 0.3) is 0 Å². The summed E-state index contributed by atoms with van der Waals surface area (Å²) in [5.41, 5.74) is 0.331. The van der Waals surface area contributed by atoms with E-state index in [1.54, 1.807) is 0 Å². The lowest BCUT2D eigenvalue weighted by Crippen LogP contribution is -1.68. The molecule has 0 atom stereocenters. The van der Waals surface area contributed by atoms with Crippen LogP contribution in [0, 0.1) is 0 Å². The highest BCUT2D eigenvalue weighted by atomic mass is 16.3. The average molecular weight is 176 g/mol. The second kappa shape index (κ2) is 3.97. The van der Waals surface area contributed by atoms with E-state index >= 15 is 0 Å². The van der Waals surface area contributed by atoms with Gasteiger partial charge in [0.05, 0.1) is 5.69 Å². The Labute approximate surface area is 73.1 Å². The summed E-state index contributed by atoms with van der Waals surface area (Å²) in [7, 11) is 0. The molecule has 0 aliphatic heterocycles. The fourth-order valence-electron chi connectivity index (χ4n) is 0.778. The van der Waals surface area contributed by atoms with E-state index in [4.69, 9.17) is 0 Å². The molecule has 0 aliphatic rings. The Hall–Kier alpha value is -2.22. The van der Waals surface area contributed by atoms with Crippen LogP contribution in [0.5, 0.6) is 5.75 Å². The van der Waals surface area contributed by atoms with Gasteiger partial charge in [-0.1, -0.05) is 0 Å². The lowest BCUT2D eigenvalue weighted by atomic mass is 10.2. The lowest BCUT2D eigenvalue weighted by molar-refractivity contribution is 0.477. The number of hydrogen-bond acceptors (Lipinski definition) is 5. The van der Waals surface area contributed by atoms with E-state index in [1.807, 2.05) is 0 Å². The summed E-state index contributed by atoms with van der Waals surface area (Å²) in [6.45, 7) is 0. The van der Waals surface area contributed by atoms with E-state index in [0.717, 1.165) is 0 Å². The predicted octanol–water partition coefficient (Wildman–Crippen LogP) is 1.33. The standard InChI is InChI=1S/C8H4N2O3/c11-4-9-6-1-2-7(10-5-12)8(13)3-6/h1-3,13H. The first-order valence-electron chi connectivity index (χ1n) is 3.26. The number of phenols is 1. The van der Waals surface area contributed by atoms with Gasteiger partial charge < -0.3 is 5.11 Å². The molecule has 1 aromatic carbocycles. The second-order valence-corrected chi connectivity index (χ2v) is 2.08. The molecular weight excluding hydrogens is 172 g/mol. The first-order chi connectivity index (χ1) is 6.27. The van der Waals surface area contributed by atoms with Crippen molar-refractivity contribution < 1.29 is 14.7 Å². The minimum Gasteiger partial charge on any atom is -0.506 e. The van der Waals surface area contributed by atoms with Crippen LogP contribution in [0.25, 0.3) is 0 Å². The molecule has 64 valence electrons. The van der Waals surface area contributed by atoms with Crippen molar-refractivity contribution in [1.29, 1.82) is 0 Å². The topological polar surface area (TPSA) is 79.1 Å². The number of aromatic hydroxyl groups is 1. The van der Waals surface area contributed by atoms with Crippen molar-refractivity contribution in [1.82, 2.24) is 0 Å². The maximum Gasteiger partial charge on any atom is 0.240 e. The summed E-state index contributed by atoms with van der Waals surface area (Å²) in [5, 5.41) is 9.19. The van der Waals surface area contributed by atoms with Gasteiger partial charge in [0.1, 0.15) is 11.4 Å². The van der Waals surface area contributed by atoms with Crippen molar-refractivity contribution in [3.8, 4) is 5.75 Å². The van der Waals surface area contributed by atoms with E-state index in [1.165, 1.54) is 30.4 Å². The summed E-state index contributed by atoms with van der Waals surface area (Å²) in [5.74, 6) is -0.236. The molecule has 0 saturated carbocycles. The van der Waals surface area contributed by atoms with Crippen LogP contribution in [0.3, 0.4) is 0 Å². The SMILES string of the molecule is O=C=Nc1ccc(N=C=O)c(O)c1. The smallest absolute Gasteiger partial charge is 0.240 e. The van der Waals surface area contributed by atoms with Crippen LogP contribution in [0.1, 0.15) is 0 Å². The molecule has 5 nitrogen and oxygen atoms in total. The van der Waals surface area contributed by atoms with E-state index in [9.17, 15) is 14.7 Å². The van der Waals surface area contributed by atoms with Gasteiger partial charge in [0.2, 0.25) is 12.2 Å². The molecule has 0 radical (unpaired) electrons. The number of rotatable bonds is 2. The van der Waals surface area contributed by atoms with Crippen molar-refractivity contribution in [3.63, 3.8) is 0 Å². The van der Waals surface area contributed by atoms with Gasteiger partial charge >= 0.3 is 0 Å². The predicted molar refractivity (Wildman–Crippen MR) is 43.7 cm³/mol. The van der Waals surface area contributed by atoms with Crippen LogP contribution >= 0.6 is 0 Å². The van der Waals surface area contributed by atoms with Crippen LogP contribution < -0.4 is 0 Å². The van der Waals surface area contributed by atoms with Gasteiger partial charge in [0.15, 0.2) is 0 Å². The Morgan fingerprint density at radius 3 is 2.38 bits per heavy atom. The van der Waals surface area contributed by atoms with E-state index < -0.39 is 0 Å². The third-order valence-electron chi connectivity index (χ3n) is 1.30. The summed E-state index contributed by atoms with van der Waals surface area (Å²) < 4.78 is 0. The van der Waals surface area contributed by atoms with E-state index in [-0.39, 0.29) is 17.1 Å². The minimum atomic E-state index is -0.236. The zero-order chi connectivity index (χ0) is 9.68. The van der Waals surface area contributed by atoms with Crippen LogP contribution in [-0.4, -0.2) is 17.3 Å².